The summed E-state index contributed by atoms with van der Waals surface area (Å²) >= 11 is 0. The number of aromatic nitrogens is 2. The zero-order valence-electron chi connectivity index (χ0n) is 11.6. The lowest BCUT2D eigenvalue weighted by Crippen LogP contribution is -2.39. The number of amides is 1. The van der Waals surface area contributed by atoms with E-state index in [4.69, 9.17) is 4.74 Å². The Morgan fingerprint density at radius 1 is 1.45 bits per heavy atom. The molecule has 5 nitrogen and oxygen atoms in total. The Kier molecular flexibility index (Phi) is 3.69. The molecule has 2 aromatic rings. The second kappa shape index (κ2) is 5.63. The van der Waals surface area contributed by atoms with Gasteiger partial charge in [-0.05, 0) is 37.0 Å². The van der Waals surface area contributed by atoms with Gasteiger partial charge in [0.05, 0.1) is 17.4 Å². The number of H-pyrrole nitrogens is 1. The van der Waals surface area contributed by atoms with Crippen LogP contribution >= 0.6 is 0 Å². The van der Waals surface area contributed by atoms with Crippen molar-refractivity contribution in [2.45, 2.75) is 12.8 Å². The zero-order chi connectivity index (χ0) is 13.9. The Labute approximate surface area is 117 Å². The van der Waals surface area contributed by atoms with Crippen LogP contribution in [0.25, 0.3) is 11.0 Å². The molecule has 0 aliphatic carbocycles. The molecule has 0 bridgehead atoms. The van der Waals surface area contributed by atoms with Gasteiger partial charge in [0.2, 0.25) is 0 Å². The topological polar surface area (TPSA) is 58.2 Å². The summed E-state index contributed by atoms with van der Waals surface area (Å²) in [5.41, 5.74) is 2.53. The van der Waals surface area contributed by atoms with Crippen molar-refractivity contribution in [2.24, 2.45) is 5.92 Å². The average Bonchev–Trinajstić information content (AvgIpc) is 2.95. The number of nitrogens with one attached hydrogen (secondary N) is 1. The third-order valence-electron chi connectivity index (χ3n) is 3.97. The minimum Gasteiger partial charge on any atom is -0.384 e. The summed E-state index contributed by atoms with van der Waals surface area (Å²) < 4.78 is 5.19. The highest BCUT2D eigenvalue weighted by atomic mass is 16.5. The molecule has 0 spiro atoms. The molecule has 3 rings (SSSR count). The highest BCUT2D eigenvalue weighted by Gasteiger charge is 2.23. The number of fused-ring (bicyclic) bond motifs is 1. The van der Waals surface area contributed by atoms with E-state index in [1.165, 1.54) is 0 Å². The molecule has 1 amide bonds. The fourth-order valence-corrected chi connectivity index (χ4v) is 2.79. The first-order valence-electron chi connectivity index (χ1n) is 6.99. The van der Waals surface area contributed by atoms with E-state index >= 15 is 0 Å². The Bertz CT molecular complexity index is 600. The van der Waals surface area contributed by atoms with E-state index in [1.54, 1.807) is 13.4 Å². The van der Waals surface area contributed by atoms with Crippen LogP contribution in [0.1, 0.15) is 23.2 Å². The average molecular weight is 273 g/mol. The minimum absolute atomic E-state index is 0.109. The highest BCUT2D eigenvalue weighted by molar-refractivity contribution is 5.97. The molecule has 1 aromatic heterocycles. The van der Waals surface area contributed by atoms with Gasteiger partial charge in [-0.3, -0.25) is 4.79 Å². The first kappa shape index (κ1) is 13.1. The van der Waals surface area contributed by atoms with E-state index in [-0.39, 0.29) is 5.91 Å². The Morgan fingerprint density at radius 3 is 3.00 bits per heavy atom. The maximum atomic E-state index is 12.5. The van der Waals surface area contributed by atoms with Crippen molar-refractivity contribution in [1.29, 1.82) is 0 Å². The SMILES string of the molecule is COCC1CCN(C(=O)c2ccc3nc[nH]c3c2)CC1. The number of carbonyl (C=O) groups excluding carboxylic acids is 1. The minimum atomic E-state index is 0.109. The van der Waals surface area contributed by atoms with Crippen molar-refractivity contribution >= 4 is 16.9 Å². The smallest absolute Gasteiger partial charge is 0.253 e. The lowest BCUT2D eigenvalue weighted by molar-refractivity contribution is 0.0613. The van der Waals surface area contributed by atoms with Crippen LogP contribution in [0.3, 0.4) is 0 Å². The van der Waals surface area contributed by atoms with Crippen LogP contribution in [0.5, 0.6) is 0 Å². The standard InChI is InChI=1S/C15H19N3O2/c1-20-9-11-4-6-18(7-5-11)15(19)12-2-3-13-14(8-12)17-10-16-13/h2-3,8,10-11H,4-7,9H2,1H3,(H,16,17). The predicted molar refractivity (Wildman–Crippen MR) is 76.6 cm³/mol. The third-order valence-corrected chi connectivity index (χ3v) is 3.97. The van der Waals surface area contributed by atoms with Gasteiger partial charge in [0.1, 0.15) is 0 Å². The molecule has 1 aromatic carbocycles. The number of hydrogen-bond donors (Lipinski definition) is 1. The number of hydrogen-bond acceptors (Lipinski definition) is 3. The fraction of sp³-hybridized carbons (Fsp3) is 0.467. The summed E-state index contributed by atoms with van der Waals surface area (Å²) in [6.07, 6.45) is 3.69. The van der Waals surface area contributed by atoms with Gasteiger partial charge in [-0.1, -0.05) is 0 Å². The van der Waals surface area contributed by atoms with Crippen LogP contribution in [0.15, 0.2) is 24.5 Å². The zero-order valence-corrected chi connectivity index (χ0v) is 11.6. The second-order valence-corrected chi connectivity index (χ2v) is 5.33. The van der Waals surface area contributed by atoms with Crippen LogP contribution in [0, 0.1) is 5.92 Å². The summed E-state index contributed by atoms with van der Waals surface area (Å²) in [4.78, 5) is 21.6. The molecule has 1 saturated heterocycles. The largest absolute Gasteiger partial charge is 0.384 e. The molecule has 20 heavy (non-hydrogen) atoms. The van der Waals surface area contributed by atoms with Crippen LogP contribution in [0.2, 0.25) is 0 Å². The van der Waals surface area contributed by atoms with Gasteiger partial charge in [-0.15, -0.1) is 0 Å². The van der Waals surface area contributed by atoms with E-state index < -0.39 is 0 Å². The van der Waals surface area contributed by atoms with E-state index in [0.717, 1.165) is 49.1 Å². The number of imidazole rings is 1. The van der Waals surface area contributed by atoms with E-state index in [9.17, 15) is 4.79 Å². The lowest BCUT2D eigenvalue weighted by Gasteiger charge is -2.31. The number of likely N-dealkylation sites (tertiary alicyclic amines) is 1. The quantitative estimate of drug-likeness (QED) is 0.931. The molecule has 0 unspecified atom stereocenters. The molecular weight excluding hydrogens is 254 g/mol. The molecule has 106 valence electrons. The van der Waals surface area contributed by atoms with Gasteiger partial charge in [0, 0.05) is 32.4 Å². The summed E-state index contributed by atoms with van der Waals surface area (Å²) in [6.45, 7) is 2.42. The van der Waals surface area contributed by atoms with E-state index in [0.29, 0.717) is 5.92 Å². The van der Waals surface area contributed by atoms with Gasteiger partial charge < -0.3 is 14.6 Å². The summed E-state index contributed by atoms with van der Waals surface area (Å²) in [5.74, 6) is 0.691. The second-order valence-electron chi connectivity index (χ2n) is 5.33. The van der Waals surface area contributed by atoms with Crippen molar-refractivity contribution in [3.8, 4) is 0 Å². The Morgan fingerprint density at radius 2 is 2.25 bits per heavy atom. The van der Waals surface area contributed by atoms with E-state index in [2.05, 4.69) is 9.97 Å². The lowest BCUT2D eigenvalue weighted by atomic mass is 9.97. The molecule has 0 atom stereocenters. The van der Waals surface area contributed by atoms with Gasteiger partial charge in [-0.2, -0.15) is 0 Å². The van der Waals surface area contributed by atoms with Crippen LogP contribution in [0.4, 0.5) is 0 Å². The van der Waals surface area contributed by atoms with Gasteiger partial charge in [0.15, 0.2) is 0 Å². The highest BCUT2D eigenvalue weighted by Crippen LogP contribution is 2.20. The number of piperidine rings is 1. The first-order valence-corrected chi connectivity index (χ1v) is 6.99. The summed E-state index contributed by atoms with van der Waals surface area (Å²) in [7, 11) is 1.73. The molecule has 1 fully saturated rings. The van der Waals surface area contributed by atoms with Crippen molar-refractivity contribution in [3.63, 3.8) is 0 Å². The molecule has 0 radical (unpaired) electrons. The third kappa shape index (κ3) is 2.54. The maximum absolute atomic E-state index is 12.5. The molecule has 5 heteroatoms. The predicted octanol–water partition coefficient (Wildman–Crippen LogP) is 2.06. The Hall–Kier alpha value is -1.88. The molecule has 1 N–H and O–H groups in total. The molecule has 1 aliphatic heterocycles. The normalized spacial score (nSPS) is 16.8. The van der Waals surface area contributed by atoms with Gasteiger partial charge >= 0.3 is 0 Å². The van der Waals surface area contributed by atoms with Crippen molar-refractivity contribution in [1.82, 2.24) is 14.9 Å². The number of benzene rings is 1. The monoisotopic (exact) mass is 273 g/mol. The molecule has 1 aliphatic rings. The van der Waals surface area contributed by atoms with E-state index in [1.807, 2.05) is 23.1 Å². The van der Waals surface area contributed by atoms with Crippen LogP contribution < -0.4 is 0 Å². The van der Waals surface area contributed by atoms with Crippen molar-refractivity contribution < 1.29 is 9.53 Å². The van der Waals surface area contributed by atoms with Gasteiger partial charge in [0.25, 0.3) is 5.91 Å². The van der Waals surface area contributed by atoms with Crippen molar-refractivity contribution in [2.75, 3.05) is 26.8 Å². The summed E-state index contributed by atoms with van der Waals surface area (Å²) in [5, 5.41) is 0. The number of nitrogens with zero attached hydrogens (tertiary/aromatic N) is 2. The van der Waals surface area contributed by atoms with Crippen molar-refractivity contribution in [3.05, 3.63) is 30.1 Å². The number of rotatable bonds is 3. The van der Waals surface area contributed by atoms with Crippen LogP contribution in [-0.4, -0.2) is 47.6 Å². The Balaban J connectivity index is 1.69. The molecular formula is C15H19N3O2. The van der Waals surface area contributed by atoms with Crippen LogP contribution in [-0.2, 0) is 4.74 Å². The van der Waals surface area contributed by atoms with Gasteiger partial charge in [-0.25, -0.2) is 4.98 Å². The fourth-order valence-electron chi connectivity index (χ4n) is 2.79. The number of carbonyl (C=O) groups is 1. The number of ether oxygens (including phenoxy) is 1. The number of aromatic amines is 1. The summed E-state index contributed by atoms with van der Waals surface area (Å²) in [6, 6.07) is 5.62. The first-order chi connectivity index (χ1) is 9.78. The maximum Gasteiger partial charge on any atom is 0.253 e. The molecule has 2 heterocycles. The molecule has 0 saturated carbocycles. The number of methoxy groups -OCH3 is 1.